The molecule has 1 heterocycles. The first-order valence-electron chi connectivity index (χ1n) is 14.4. The van der Waals surface area contributed by atoms with Gasteiger partial charge in [0.25, 0.3) is 0 Å². The van der Waals surface area contributed by atoms with Crippen LogP contribution in [0.2, 0.25) is 0 Å². The number of nitrogens with one attached hydrogen (secondary N) is 1. The van der Waals surface area contributed by atoms with Crippen molar-refractivity contribution in [3.8, 4) is 17.2 Å². The van der Waals surface area contributed by atoms with Gasteiger partial charge >= 0.3 is 18.1 Å². The molecule has 258 valence electrons. The summed E-state index contributed by atoms with van der Waals surface area (Å²) in [5.41, 5.74) is -4.85. The van der Waals surface area contributed by atoms with Gasteiger partial charge in [-0.1, -0.05) is 12.1 Å². The zero-order valence-corrected chi connectivity index (χ0v) is 25.6. The van der Waals surface area contributed by atoms with E-state index in [1.807, 2.05) is 0 Å². The second kappa shape index (κ2) is 12.1. The van der Waals surface area contributed by atoms with E-state index in [2.05, 4.69) is 0 Å². The molecule has 1 aliphatic heterocycles. The lowest BCUT2D eigenvalue weighted by molar-refractivity contribution is -0.279. The number of aromatic hydroxyl groups is 2. The molecule has 2 aliphatic carbocycles. The molecule has 2 aromatic carbocycles. The van der Waals surface area contributed by atoms with Crippen LogP contribution < -0.4 is 10.1 Å². The average Bonchev–Trinajstić information content (AvgIpc) is 3.00. The van der Waals surface area contributed by atoms with Crippen LogP contribution in [0.5, 0.6) is 17.2 Å². The first-order chi connectivity index (χ1) is 22.3. The van der Waals surface area contributed by atoms with Crippen LogP contribution in [0.15, 0.2) is 18.2 Å². The molecule has 1 fully saturated rings. The van der Waals surface area contributed by atoms with E-state index >= 15 is 4.39 Å². The minimum absolute atomic E-state index is 0.0274. The van der Waals surface area contributed by atoms with Crippen LogP contribution >= 0.6 is 0 Å². The molecule has 1 amide bonds. The Balaban J connectivity index is 1.61. The van der Waals surface area contributed by atoms with Gasteiger partial charge in [0.2, 0.25) is 5.78 Å². The molecular formula is C31H29F4NO12. The molecule has 0 radical (unpaired) electrons. The maximum Gasteiger partial charge on any atom is 0.471 e. The van der Waals surface area contributed by atoms with Crippen molar-refractivity contribution < 1.29 is 75.8 Å². The van der Waals surface area contributed by atoms with Crippen molar-refractivity contribution in [2.45, 2.75) is 82.2 Å². The van der Waals surface area contributed by atoms with E-state index in [4.69, 9.17) is 18.9 Å². The summed E-state index contributed by atoms with van der Waals surface area (Å²) in [6, 6.07) is 2.23. The Bertz CT molecular complexity index is 1740. The highest BCUT2D eigenvalue weighted by molar-refractivity contribution is 6.31. The molecule has 0 aromatic heterocycles. The highest BCUT2D eigenvalue weighted by atomic mass is 19.4. The van der Waals surface area contributed by atoms with E-state index in [9.17, 15) is 52.5 Å². The van der Waals surface area contributed by atoms with Gasteiger partial charge in [0, 0.05) is 36.5 Å². The molecule has 0 saturated carbocycles. The number of ketones is 3. The van der Waals surface area contributed by atoms with E-state index in [-0.39, 0.29) is 22.4 Å². The predicted octanol–water partition coefficient (Wildman–Crippen LogP) is 2.27. The fraction of sp³-hybridized carbons (Fsp3) is 0.452. The van der Waals surface area contributed by atoms with Crippen LogP contribution in [-0.4, -0.2) is 94.1 Å². The molecule has 3 aliphatic rings. The van der Waals surface area contributed by atoms with Crippen molar-refractivity contribution in [3.05, 3.63) is 51.6 Å². The largest absolute Gasteiger partial charge is 0.507 e. The van der Waals surface area contributed by atoms with Gasteiger partial charge in [0.1, 0.15) is 22.8 Å². The number of Topliss-reactive ketones (excluding diaryl/α,β-unsaturated/α-hetero) is 1. The summed E-state index contributed by atoms with van der Waals surface area (Å²) in [4.78, 5) is 63.5. The second-order valence-electron chi connectivity index (χ2n) is 11.7. The number of carbonyl (C=O) groups excluding carboxylic acids is 5. The Kier molecular flexibility index (Phi) is 8.77. The van der Waals surface area contributed by atoms with Crippen molar-refractivity contribution in [2.24, 2.45) is 0 Å². The van der Waals surface area contributed by atoms with Crippen molar-refractivity contribution in [1.29, 1.82) is 0 Å². The number of rotatable bonds is 6. The summed E-state index contributed by atoms with van der Waals surface area (Å²) in [6.45, 7) is 2.96. The molecule has 0 spiro atoms. The van der Waals surface area contributed by atoms with Gasteiger partial charge in [0.15, 0.2) is 30.1 Å². The standard InChI is InChI=1S/C31H29F4NO12/c1-10-22(36-29(43)31(33,34)35)27(47-12(3)38)21(32)28(46-10)48-16-9-30(44,11(2)37)8-14-18(16)26(42)20-19(24(14)40)23(39)13-6-5-7-15(45-4)17(13)25(20)41/h5-7,10,16,21-22,27-28,40,42,44H,8-9H2,1-4H3,(H,36,43)/t10-,16-,21+,22-,27-,28-,30-/m0/s1. The number of hydrogen-bond acceptors (Lipinski definition) is 12. The molecule has 2 aromatic rings. The lowest BCUT2D eigenvalue weighted by atomic mass is 9.72. The van der Waals surface area contributed by atoms with E-state index in [0.29, 0.717) is 0 Å². The molecule has 4 N–H and O–H groups in total. The van der Waals surface area contributed by atoms with Gasteiger partial charge in [-0.05, 0) is 19.9 Å². The third-order valence-electron chi connectivity index (χ3n) is 8.67. The number of hydrogen-bond donors (Lipinski definition) is 4. The highest BCUT2D eigenvalue weighted by Gasteiger charge is 2.54. The maximum atomic E-state index is 16.0. The van der Waals surface area contributed by atoms with Gasteiger partial charge in [-0.2, -0.15) is 13.2 Å². The number of amides is 1. The summed E-state index contributed by atoms with van der Waals surface area (Å²) in [5.74, 6) is -8.12. The lowest BCUT2D eigenvalue weighted by Crippen LogP contribution is -2.64. The first kappa shape index (κ1) is 34.7. The average molecular weight is 684 g/mol. The number of aliphatic hydroxyl groups is 1. The van der Waals surface area contributed by atoms with E-state index < -0.39 is 119 Å². The fourth-order valence-corrected chi connectivity index (χ4v) is 6.33. The number of methoxy groups -OCH3 is 1. The van der Waals surface area contributed by atoms with Crippen LogP contribution in [0.3, 0.4) is 0 Å². The number of phenolic OH excluding ortho intramolecular Hbond substituents is 2. The SMILES string of the molecule is COc1cccc2c1C(=O)c1c(O)c3c(c(O)c1C2=O)C[C@@](O)(C(C)=O)C[C@@H]3O[C@@H]1O[C@@H](C)[C@H](NC(=O)C(F)(F)F)[C@@H](OC(C)=O)[C@H]1F. The normalized spacial score (nSPS) is 28.1. The van der Waals surface area contributed by atoms with Crippen molar-refractivity contribution in [2.75, 3.05) is 7.11 Å². The summed E-state index contributed by atoms with van der Waals surface area (Å²) >= 11 is 0. The van der Waals surface area contributed by atoms with Gasteiger partial charge in [-0.3, -0.25) is 24.0 Å². The van der Waals surface area contributed by atoms with Gasteiger partial charge in [-0.15, -0.1) is 0 Å². The Labute approximate surface area is 268 Å². The van der Waals surface area contributed by atoms with E-state index in [0.717, 1.165) is 20.8 Å². The van der Waals surface area contributed by atoms with Crippen molar-refractivity contribution in [3.63, 3.8) is 0 Å². The van der Waals surface area contributed by atoms with E-state index in [1.54, 1.807) is 5.32 Å². The second-order valence-corrected chi connectivity index (χ2v) is 11.7. The number of halogens is 4. The lowest BCUT2D eigenvalue weighted by Gasteiger charge is -2.45. The Morgan fingerprint density at radius 2 is 1.69 bits per heavy atom. The quantitative estimate of drug-likeness (QED) is 0.168. The third-order valence-corrected chi connectivity index (χ3v) is 8.67. The Morgan fingerprint density at radius 1 is 1.04 bits per heavy atom. The number of alkyl halides is 4. The minimum Gasteiger partial charge on any atom is -0.507 e. The number of benzene rings is 2. The molecule has 17 heteroatoms. The molecule has 48 heavy (non-hydrogen) atoms. The Hall–Kier alpha value is -4.61. The van der Waals surface area contributed by atoms with Crippen LogP contribution in [0.25, 0.3) is 0 Å². The number of carbonyl (C=O) groups is 5. The smallest absolute Gasteiger partial charge is 0.471 e. The monoisotopic (exact) mass is 683 g/mol. The number of fused-ring (bicyclic) bond motifs is 3. The molecule has 5 rings (SSSR count). The zero-order chi connectivity index (χ0) is 35.6. The van der Waals surface area contributed by atoms with Crippen LogP contribution in [-0.2, 0) is 35.0 Å². The maximum absolute atomic E-state index is 16.0. The summed E-state index contributed by atoms with van der Waals surface area (Å²) in [5, 5.41) is 35.8. The fourth-order valence-electron chi connectivity index (χ4n) is 6.33. The summed E-state index contributed by atoms with van der Waals surface area (Å²) in [7, 11) is 1.24. The van der Waals surface area contributed by atoms with Gasteiger partial charge < -0.3 is 39.6 Å². The number of esters is 1. The third kappa shape index (κ3) is 5.64. The number of phenols is 2. The van der Waals surface area contributed by atoms with E-state index in [1.165, 1.54) is 25.3 Å². The zero-order valence-electron chi connectivity index (χ0n) is 25.6. The van der Waals surface area contributed by atoms with Gasteiger partial charge in [-0.25, -0.2) is 4.39 Å². The van der Waals surface area contributed by atoms with Crippen molar-refractivity contribution >= 4 is 29.2 Å². The molecule has 0 bridgehead atoms. The van der Waals surface area contributed by atoms with Crippen LogP contribution in [0.1, 0.15) is 76.3 Å². The Morgan fingerprint density at radius 3 is 2.27 bits per heavy atom. The minimum atomic E-state index is -5.38. The summed E-state index contributed by atoms with van der Waals surface area (Å²) in [6.07, 6.45) is -17.0. The number of ether oxygens (including phenoxy) is 4. The predicted molar refractivity (Wildman–Crippen MR) is 150 cm³/mol. The molecule has 7 atom stereocenters. The molecular weight excluding hydrogens is 654 g/mol. The van der Waals surface area contributed by atoms with Crippen molar-refractivity contribution in [1.82, 2.24) is 5.32 Å². The first-order valence-corrected chi connectivity index (χ1v) is 14.4. The van der Waals surface area contributed by atoms with Gasteiger partial charge in [0.05, 0.1) is 42.0 Å². The highest BCUT2D eigenvalue weighted by Crippen LogP contribution is 2.52. The molecule has 1 saturated heterocycles. The van der Waals surface area contributed by atoms with Crippen LogP contribution in [0.4, 0.5) is 17.6 Å². The molecule has 13 nitrogen and oxygen atoms in total. The molecule has 0 unspecified atom stereocenters. The van der Waals surface area contributed by atoms with Crippen LogP contribution in [0, 0.1) is 0 Å². The summed E-state index contributed by atoms with van der Waals surface area (Å²) < 4.78 is 76.5. The topological polar surface area (TPSA) is 195 Å².